The van der Waals surface area contributed by atoms with Crippen molar-refractivity contribution in [3.05, 3.63) is 83.9 Å². The molecule has 0 aliphatic carbocycles. The molecule has 3 amide bonds. The summed E-state index contributed by atoms with van der Waals surface area (Å²) in [4.78, 5) is 42.8. The number of carbonyl (C=O) groups is 3. The minimum absolute atomic E-state index is 0. The number of nitrogens with zero attached hydrogens (tertiary/aromatic N) is 2. The second-order valence-corrected chi connectivity index (χ2v) is 11.4. The summed E-state index contributed by atoms with van der Waals surface area (Å²) in [5, 5.41) is 5.72. The smallest absolute Gasteiger partial charge is 0.240 e. The minimum Gasteiger partial charge on any atom is -0.368 e. The van der Waals surface area contributed by atoms with E-state index in [0.29, 0.717) is 19.4 Å². The number of benzene rings is 3. The number of primary amides is 1. The fraction of sp³-hybridized carbons (Fsp3) is 0.457. The molecule has 0 spiro atoms. The molecule has 1 fully saturated rings. The molecule has 1 aliphatic heterocycles. The molecule has 1 aliphatic rings. The lowest BCUT2D eigenvalue weighted by molar-refractivity contribution is -0.147. The summed E-state index contributed by atoms with van der Waals surface area (Å²) in [5.74, 6) is -0.884. The molecule has 232 valence electrons. The summed E-state index contributed by atoms with van der Waals surface area (Å²) in [6.45, 7) is 6.27. The van der Waals surface area contributed by atoms with Crippen LogP contribution in [-0.4, -0.2) is 59.9 Å². The van der Waals surface area contributed by atoms with Crippen molar-refractivity contribution >= 4 is 41.4 Å². The highest BCUT2D eigenvalue weighted by Gasteiger charge is 2.42. The standard InChI is InChI=1S/C35H46N4O3.ClH/c1-3-27(4-2)35(42)38-23-11-17-32(38)39(25-40)33(34(36)41)31(30-19-18-28-14-8-9-15-29(28)24-30)16-10-21-37-22-20-26-12-6-5-7-13-26;/h5-9,12-15,18-19,24-25,27,31-33,37H,3-4,10-11,16-17,20-23H2,1-2H3,(H2,36,41);1H. The molecule has 3 atom stereocenters. The third kappa shape index (κ3) is 8.58. The van der Waals surface area contributed by atoms with E-state index in [1.165, 1.54) is 5.56 Å². The molecule has 3 aromatic rings. The van der Waals surface area contributed by atoms with Gasteiger partial charge in [0.25, 0.3) is 0 Å². The molecular formula is C35H47ClN4O3. The molecular weight excluding hydrogens is 560 g/mol. The van der Waals surface area contributed by atoms with E-state index in [-0.39, 0.29) is 30.2 Å². The van der Waals surface area contributed by atoms with Crippen LogP contribution in [0.5, 0.6) is 0 Å². The van der Waals surface area contributed by atoms with Gasteiger partial charge in [-0.1, -0.05) is 86.6 Å². The lowest BCUT2D eigenvalue weighted by Crippen LogP contribution is -2.57. The Hall–Kier alpha value is -3.42. The highest BCUT2D eigenvalue weighted by Crippen LogP contribution is 2.34. The Bertz CT molecular complexity index is 1320. The number of amides is 3. The maximum atomic E-state index is 13.5. The maximum absolute atomic E-state index is 13.5. The summed E-state index contributed by atoms with van der Waals surface area (Å²) in [6.07, 6.45) is 5.61. The Morgan fingerprint density at radius 1 is 1.00 bits per heavy atom. The Morgan fingerprint density at radius 2 is 1.70 bits per heavy atom. The van der Waals surface area contributed by atoms with Crippen LogP contribution in [0.1, 0.15) is 69.4 Å². The molecule has 0 aromatic heterocycles. The summed E-state index contributed by atoms with van der Waals surface area (Å²) in [7, 11) is 0. The van der Waals surface area contributed by atoms with Crippen LogP contribution in [0.2, 0.25) is 0 Å². The van der Waals surface area contributed by atoms with Gasteiger partial charge in [0.05, 0.1) is 0 Å². The predicted octanol–water partition coefficient (Wildman–Crippen LogP) is 5.65. The number of likely N-dealkylation sites (tertiary alicyclic amines) is 1. The zero-order valence-corrected chi connectivity index (χ0v) is 26.3. The molecule has 43 heavy (non-hydrogen) atoms. The van der Waals surface area contributed by atoms with E-state index in [1.54, 1.807) is 4.90 Å². The Balaban J connectivity index is 0.00000506. The molecule has 0 saturated carbocycles. The van der Waals surface area contributed by atoms with E-state index < -0.39 is 18.1 Å². The Morgan fingerprint density at radius 3 is 2.37 bits per heavy atom. The number of nitrogens with one attached hydrogen (secondary N) is 1. The number of nitrogens with two attached hydrogens (primary N) is 1. The van der Waals surface area contributed by atoms with Gasteiger partial charge in [0.1, 0.15) is 12.2 Å². The number of rotatable bonds is 16. The molecule has 8 heteroatoms. The molecule has 1 saturated heterocycles. The van der Waals surface area contributed by atoms with Crippen molar-refractivity contribution in [3.63, 3.8) is 0 Å². The van der Waals surface area contributed by atoms with Crippen molar-refractivity contribution in [2.75, 3.05) is 19.6 Å². The monoisotopic (exact) mass is 606 g/mol. The number of fused-ring (bicyclic) bond motifs is 1. The lowest BCUT2D eigenvalue weighted by atomic mass is 9.84. The van der Waals surface area contributed by atoms with Crippen LogP contribution in [0, 0.1) is 5.92 Å². The molecule has 4 rings (SSSR count). The Labute approximate surface area is 262 Å². The number of halogens is 1. The first-order chi connectivity index (χ1) is 20.5. The normalized spacial score (nSPS) is 16.1. The van der Waals surface area contributed by atoms with Crippen molar-refractivity contribution in [1.29, 1.82) is 0 Å². The zero-order chi connectivity index (χ0) is 29.9. The number of hydrogen-bond acceptors (Lipinski definition) is 4. The van der Waals surface area contributed by atoms with E-state index in [0.717, 1.165) is 67.9 Å². The van der Waals surface area contributed by atoms with Gasteiger partial charge in [0, 0.05) is 18.4 Å². The fourth-order valence-corrected chi connectivity index (χ4v) is 6.46. The SMILES string of the molecule is CCC(CC)C(=O)N1CCCC1N(C=O)C(C(N)=O)C(CCCNCCc1ccccc1)c1ccc2ccccc2c1.Cl. The average Bonchev–Trinajstić information content (AvgIpc) is 3.50. The van der Waals surface area contributed by atoms with Crippen LogP contribution in [-0.2, 0) is 20.8 Å². The van der Waals surface area contributed by atoms with Gasteiger partial charge >= 0.3 is 0 Å². The van der Waals surface area contributed by atoms with E-state index in [9.17, 15) is 14.4 Å². The van der Waals surface area contributed by atoms with Crippen molar-refractivity contribution in [2.24, 2.45) is 11.7 Å². The summed E-state index contributed by atoms with van der Waals surface area (Å²) < 4.78 is 0. The third-order valence-corrected chi connectivity index (χ3v) is 8.80. The summed E-state index contributed by atoms with van der Waals surface area (Å²) >= 11 is 0. The van der Waals surface area contributed by atoms with E-state index in [2.05, 4.69) is 59.9 Å². The van der Waals surface area contributed by atoms with Crippen LogP contribution in [0.3, 0.4) is 0 Å². The molecule has 0 radical (unpaired) electrons. The molecule has 1 heterocycles. The second-order valence-electron chi connectivity index (χ2n) is 11.4. The van der Waals surface area contributed by atoms with Crippen molar-refractivity contribution in [1.82, 2.24) is 15.1 Å². The summed E-state index contributed by atoms with van der Waals surface area (Å²) in [6, 6.07) is 23.9. The minimum atomic E-state index is -0.868. The van der Waals surface area contributed by atoms with Gasteiger partial charge in [0.2, 0.25) is 18.2 Å². The van der Waals surface area contributed by atoms with Gasteiger partial charge in [0.15, 0.2) is 0 Å². The van der Waals surface area contributed by atoms with Gasteiger partial charge in [-0.25, -0.2) is 0 Å². The van der Waals surface area contributed by atoms with Gasteiger partial charge in [-0.3, -0.25) is 14.4 Å². The van der Waals surface area contributed by atoms with Crippen LogP contribution in [0.15, 0.2) is 72.8 Å². The Kier molecular flexibility index (Phi) is 13.5. The largest absolute Gasteiger partial charge is 0.368 e. The number of carbonyl (C=O) groups excluding carboxylic acids is 3. The summed E-state index contributed by atoms with van der Waals surface area (Å²) in [5.41, 5.74) is 8.39. The third-order valence-electron chi connectivity index (χ3n) is 8.80. The molecule has 7 nitrogen and oxygen atoms in total. The first-order valence-corrected chi connectivity index (χ1v) is 15.5. The molecule has 3 aromatic carbocycles. The van der Waals surface area contributed by atoms with Gasteiger partial charge < -0.3 is 20.9 Å². The highest BCUT2D eigenvalue weighted by molar-refractivity contribution is 5.86. The van der Waals surface area contributed by atoms with Gasteiger partial charge in [-0.15, -0.1) is 12.4 Å². The topological polar surface area (TPSA) is 95.7 Å². The van der Waals surface area contributed by atoms with Crippen LogP contribution < -0.4 is 11.1 Å². The van der Waals surface area contributed by atoms with E-state index in [4.69, 9.17) is 5.73 Å². The van der Waals surface area contributed by atoms with Crippen molar-refractivity contribution < 1.29 is 14.4 Å². The number of hydrogen-bond donors (Lipinski definition) is 2. The molecule has 3 N–H and O–H groups in total. The zero-order valence-electron chi connectivity index (χ0n) is 25.5. The first kappa shape index (κ1) is 34.1. The predicted molar refractivity (Wildman–Crippen MR) is 176 cm³/mol. The molecule has 0 bridgehead atoms. The van der Waals surface area contributed by atoms with Gasteiger partial charge in [-0.2, -0.15) is 0 Å². The average molecular weight is 607 g/mol. The van der Waals surface area contributed by atoms with E-state index in [1.807, 2.05) is 36.9 Å². The van der Waals surface area contributed by atoms with Gasteiger partial charge in [-0.05, 0) is 79.9 Å². The quantitative estimate of drug-likeness (QED) is 0.163. The maximum Gasteiger partial charge on any atom is 0.240 e. The van der Waals surface area contributed by atoms with Crippen molar-refractivity contribution in [3.8, 4) is 0 Å². The lowest BCUT2D eigenvalue weighted by Gasteiger charge is -2.41. The highest BCUT2D eigenvalue weighted by atomic mass is 35.5. The van der Waals surface area contributed by atoms with Crippen LogP contribution >= 0.6 is 12.4 Å². The molecule has 3 unspecified atom stereocenters. The van der Waals surface area contributed by atoms with Crippen molar-refractivity contribution in [2.45, 2.75) is 76.9 Å². The van der Waals surface area contributed by atoms with E-state index >= 15 is 0 Å². The van der Waals surface area contributed by atoms with Crippen LogP contribution in [0.4, 0.5) is 0 Å². The second kappa shape index (κ2) is 17.0. The fourth-order valence-electron chi connectivity index (χ4n) is 6.46. The van der Waals surface area contributed by atoms with Crippen LogP contribution in [0.25, 0.3) is 10.8 Å². The first-order valence-electron chi connectivity index (χ1n) is 15.5.